The molecule has 0 fully saturated rings. The lowest BCUT2D eigenvalue weighted by Crippen LogP contribution is -2.31. The van der Waals surface area contributed by atoms with Crippen molar-refractivity contribution in [2.45, 2.75) is 60.4 Å². The first-order valence-corrected chi connectivity index (χ1v) is 11.6. The molecule has 32 heavy (non-hydrogen) atoms. The molecule has 0 radical (unpaired) electrons. The number of carbonyl (C=O) groups excluding carboxylic acids is 1. The number of aromatic hydroxyl groups is 1. The predicted octanol–water partition coefficient (Wildman–Crippen LogP) is 6.08. The highest BCUT2D eigenvalue weighted by Crippen LogP contribution is 2.47. The van der Waals surface area contributed by atoms with Gasteiger partial charge in [-0.3, -0.25) is 4.79 Å². The van der Waals surface area contributed by atoms with Crippen LogP contribution in [0.3, 0.4) is 0 Å². The Kier molecular flexibility index (Phi) is 5.70. The summed E-state index contributed by atoms with van der Waals surface area (Å²) in [7, 11) is 0. The zero-order valence-corrected chi connectivity index (χ0v) is 20.1. The number of allylic oxidation sites excluding steroid dienone is 1. The second-order valence-corrected chi connectivity index (χ2v) is 9.93. The number of hydrogen-bond donors (Lipinski definition) is 3. The number of anilines is 3. The molecule has 1 heterocycles. The summed E-state index contributed by atoms with van der Waals surface area (Å²) < 4.78 is 0. The molecule has 5 heteroatoms. The van der Waals surface area contributed by atoms with Gasteiger partial charge in [0.25, 0.3) is 0 Å². The minimum Gasteiger partial charge on any atom is -0.507 e. The fourth-order valence-corrected chi connectivity index (χ4v) is 5.01. The van der Waals surface area contributed by atoms with Crippen molar-refractivity contribution in [2.24, 2.45) is 5.41 Å². The number of ketones is 1. The summed E-state index contributed by atoms with van der Waals surface area (Å²) in [6, 6.07) is 9.68. The third-order valence-corrected chi connectivity index (χ3v) is 6.88. The first-order valence-electron chi connectivity index (χ1n) is 11.6. The number of hydrogen-bond acceptors (Lipinski definition) is 5. The van der Waals surface area contributed by atoms with E-state index in [9.17, 15) is 9.90 Å². The van der Waals surface area contributed by atoms with Crippen molar-refractivity contribution in [1.29, 1.82) is 0 Å². The molecule has 1 atom stereocenters. The molecule has 0 aromatic heterocycles. The van der Waals surface area contributed by atoms with Gasteiger partial charge in [0.1, 0.15) is 5.75 Å². The lowest BCUT2D eigenvalue weighted by atomic mass is 9.73. The molecule has 5 nitrogen and oxygen atoms in total. The van der Waals surface area contributed by atoms with E-state index >= 15 is 0 Å². The van der Waals surface area contributed by atoms with Crippen molar-refractivity contribution in [2.75, 3.05) is 28.6 Å². The van der Waals surface area contributed by atoms with E-state index in [2.05, 4.69) is 69.2 Å². The van der Waals surface area contributed by atoms with Crippen molar-refractivity contribution in [3.8, 4) is 5.75 Å². The molecule has 2 aromatic carbocycles. The Hall–Kier alpha value is -2.95. The zero-order valence-electron chi connectivity index (χ0n) is 20.1. The second kappa shape index (κ2) is 8.19. The van der Waals surface area contributed by atoms with Crippen LogP contribution < -0.4 is 15.5 Å². The number of benzene rings is 2. The molecule has 0 amide bonds. The Balaban J connectivity index is 1.87. The molecular weight excluding hydrogens is 398 g/mol. The van der Waals surface area contributed by atoms with Gasteiger partial charge in [-0.2, -0.15) is 0 Å². The van der Waals surface area contributed by atoms with Crippen LogP contribution >= 0.6 is 0 Å². The van der Waals surface area contributed by atoms with Gasteiger partial charge >= 0.3 is 0 Å². The molecule has 1 aliphatic heterocycles. The number of carbonyl (C=O) groups is 1. The van der Waals surface area contributed by atoms with Crippen LogP contribution in [0.4, 0.5) is 17.1 Å². The van der Waals surface area contributed by atoms with Crippen LogP contribution in [0.25, 0.3) is 0 Å². The summed E-state index contributed by atoms with van der Waals surface area (Å²) in [6.07, 6.45) is 1.29. The van der Waals surface area contributed by atoms with Crippen molar-refractivity contribution in [1.82, 2.24) is 0 Å². The van der Waals surface area contributed by atoms with E-state index in [1.165, 1.54) is 11.1 Å². The van der Waals surface area contributed by atoms with Crippen LogP contribution in [0, 0.1) is 19.3 Å². The maximum atomic E-state index is 13.4. The highest BCUT2D eigenvalue weighted by molar-refractivity contribution is 6.01. The third-order valence-electron chi connectivity index (χ3n) is 6.88. The Labute approximate surface area is 191 Å². The van der Waals surface area contributed by atoms with E-state index in [1.54, 1.807) is 0 Å². The highest BCUT2D eigenvalue weighted by Gasteiger charge is 2.39. The first-order chi connectivity index (χ1) is 15.1. The fraction of sp³-hybridized carbons (Fsp3) is 0.444. The molecule has 3 N–H and O–H groups in total. The van der Waals surface area contributed by atoms with Gasteiger partial charge in [-0.05, 0) is 68.9 Å². The Bertz CT molecular complexity index is 1100. The molecule has 0 bridgehead atoms. The van der Waals surface area contributed by atoms with Gasteiger partial charge < -0.3 is 20.6 Å². The number of nitrogens with one attached hydrogen (secondary N) is 2. The summed E-state index contributed by atoms with van der Waals surface area (Å²) in [5.41, 5.74) is 7.62. The monoisotopic (exact) mass is 433 g/mol. The zero-order chi connectivity index (χ0) is 23.2. The van der Waals surface area contributed by atoms with Crippen LogP contribution in [0.1, 0.15) is 63.3 Å². The second-order valence-electron chi connectivity index (χ2n) is 9.93. The van der Waals surface area contributed by atoms with Crippen molar-refractivity contribution >= 4 is 22.8 Å². The Morgan fingerprint density at radius 2 is 1.69 bits per heavy atom. The largest absolute Gasteiger partial charge is 0.507 e. The van der Waals surface area contributed by atoms with Crippen LogP contribution in [-0.4, -0.2) is 24.0 Å². The molecule has 1 unspecified atom stereocenters. The molecular formula is C27H35N3O2. The predicted molar refractivity (Wildman–Crippen MR) is 133 cm³/mol. The van der Waals surface area contributed by atoms with E-state index in [0.717, 1.165) is 53.4 Å². The number of nitrogens with zero attached hydrogens (tertiary/aromatic N) is 1. The molecule has 0 saturated carbocycles. The topological polar surface area (TPSA) is 64.6 Å². The molecule has 4 rings (SSSR count). The number of Topliss-reactive ketones (excluding diaryl/α,β-unsaturated/α-hetero) is 1. The molecule has 1 aliphatic carbocycles. The summed E-state index contributed by atoms with van der Waals surface area (Å²) in [4.78, 5) is 15.6. The average Bonchev–Trinajstić information content (AvgIpc) is 2.85. The van der Waals surface area contributed by atoms with Gasteiger partial charge in [-0.15, -0.1) is 0 Å². The van der Waals surface area contributed by atoms with Crippen LogP contribution in [0.2, 0.25) is 0 Å². The maximum Gasteiger partial charge on any atom is 0.163 e. The van der Waals surface area contributed by atoms with Crippen molar-refractivity contribution in [3.05, 3.63) is 58.3 Å². The Morgan fingerprint density at radius 1 is 1.03 bits per heavy atom. The first kappa shape index (κ1) is 22.3. The molecule has 0 saturated heterocycles. The normalized spacial score (nSPS) is 19.4. The van der Waals surface area contributed by atoms with Crippen LogP contribution in [0.5, 0.6) is 5.75 Å². The van der Waals surface area contributed by atoms with Gasteiger partial charge in [-0.25, -0.2) is 0 Å². The number of aryl methyl sites for hydroxylation is 2. The van der Waals surface area contributed by atoms with Crippen LogP contribution in [0.15, 0.2) is 41.6 Å². The van der Waals surface area contributed by atoms with Gasteiger partial charge in [0.2, 0.25) is 0 Å². The van der Waals surface area contributed by atoms with Gasteiger partial charge in [-0.1, -0.05) is 19.9 Å². The molecule has 170 valence electrons. The minimum absolute atomic E-state index is 0.105. The van der Waals surface area contributed by atoms with E-state index in [-0.39, 0.29) is 16.9 Å². The summed E-state index contributed by atoms with van der Waals surface area (Å²) in [5, 5.41) is 18.3. The summed E-state index contributed by atoms with van der Waals surface area (Å²) in [6.45, 7) is 14.4. The number of fused-ring (bicyclic) bond motifs is 1. The Morgan fingerprint density at radius 3 is 2.31 bits per heavy atom. The quantitative estimate of drug-likeness (QED) is 0.546. The molecule has 0 spiro atoms. The number of phenols is 1. The maximum absolute atomic E-state index is 13.4. The van der Waals surface area contributed by atoms with Gasteiger partial charge in [0, 0.05) is 48.1 Å². The number of phenolic OH excluding ortho intramolecular Hbond substituents is 1. The number of rotatable bonds is 4. The lowest BCUT2D eigenvalue weighted by Gasteiger charge is -2.34. The van der Waals surface area contributed by atoms with E-state index in [1.807, 2.05) is 18.2 Å². The SMILES string of the molecule is CCN(CC)c1ccc(C2Nc3cc(C)c(C)cc3NC3=C2C(=O)CC(C)(C)C3)c(O)c1. The third kappa shape index (κ3) is 3.96. The summed E-state index contributed by atoms with van der Waals surface area (Å²) >= 11 is 0. The molecule has 2 aliphatic rings. The van der Waals surface area contributed by atoms with Crippen LogP contribution in [-0.2, 0) is 4.79 Å². The van der Waals surface area contributed by atoms with Crippen molar-refractivity contribution in [3.63, 3.8) is 0 Å². The van der Waals surface area contributed by atoms with Gasteiger partial charge in [0.15, 0.2) is 5.78 Å². The minimum atomic E-state index is -0.407. The van der Waals surface area contributed by atoms with E-state index < -0.39 is 6.04 Å². The smallest absolute Gasteiger partial charge is 0.163 e. The van der Waals surface area contributed by atoms with E-state index in [4.69, 9.17) is 0 Å². The highest BCUT2D eigenvalue weighted by atomic mass is 16.3. The van der Waals surface area contributed by atoms with Crippen molar-refractivity contribution < 1.29 is 9.90 Å². The average molecular weight is 434 g/mol. The standard InChI is InChI=1S/C27H35N3O2/c1-7-30(8-2)18-9-10-19(23(31)13-18)26-25-22(14-27(5,6)15-24(25)32)28-20-11-16(3)17(4)12-21(20)29-26/h9-13,26,28-29,31H,7-8,14-15H2,1-6H3. The summed E-state index contributed by atoms with van der Waals surface area (Å²) in [5.74, 6) is 0.346. The molecule has 2 aromatic rings. The fourth-order valence-electron chi connectivity index (χ4n) is 5.01. The lowest BCUT2D eigenvalue weighted by molar-refractivity contribution is -0.118. The van der Waals surface area contributed by atoms with E-state index in [0.29, 0.717) is 6.42 Å². The van der Waals surface area contributed by atoms with Gasteiger partial charge in [0.05, 0.1) is 17.4 Å².